The average molecular weight is 439 g/mol. The molecule has 4 aromatic heterocycles. The molecule has 0 atom stereocenters. The fourth-order valence-electron chi connectivity index (χ4n) is 3.41. The maximum atomic E-state index is 13.4. The van der Waals surface area contributed by atoms with Crippen LogP contribution < -0.4 is 5.32 Å². The molecule has 164 valence electrons. The number of aromatic nitrogens is 4. The summed E-state index contributed by atoms with van der Waals surface area (Å²) < 4.78 is 13.4. The van der Waals surface area contributed by atoms with E-state index in [0.717, 1.165) is 39.5 Å². The van der Waals surface area contributed by atoms with Crippen LogP contribution in [0, 0.1) is 19.8 Å². The van der Waals surface area contributed by atoms with E-state index in [1.54, 1.807) is 24.7 Å². The molecule has 0 aliphatic rings. The van der Waals surface area contributed by atoms with Gasteiger partial charge in [-0.3, -0.25) is 15.0 Å². The van der Waals surface area contributed by atoms with E-state index in [1.807, 2.05) is 50.3 Å². The van der Waals surface area contributed by atoms with E-state index in [4.69, 9.17) is 0 Å². The standard InChI is InChI=1S/C26H23FN6/c1-17-12-21(7-9-29-17)24(28-3)13-20-6-11-31-26(18(20)2)33-16-19-4-5-23(32-15-19)22-8-10-30-25(27)14-22/h4-15H,3,16H2,1-2H3,(H,31,33)/b24-13-. The van der Waals surface area contributed by atoms with Crippen LogP contribution in [0.1, 0.15) is 27.9 Å². The molecule has 0 aromatic carbocycles. The average Bonchev–Trinajstić information content (AvgIpc) is 2.83. The zero-order valence-electron chi connectivity index (χ0n) is 18.5. The number of nitrogens with one attached hydrogen (secondary N) is 1. The van der Waals surface area contributed by atoms with Gasteiger partial charge in [-0.2, -0.15) is 4.39 Å². The van der Waals surface area contributed by atoms with Crippen molar-refractivity contribution >= 4 is 24.3 Å². The lowest BCUT2D eigenvalue weighted by Gasteiger charge is -2.12. The summed E-state index contributed by atoms with van der Waals surface area (Å²) in [5.41, 5.74) is 7.02. The van der Waals surface area contributed by atoms with E-state index in [0.29, 0.717) is 17.8 Å². The van der Waals surface area contributed by atoms with Gasteiger partial charge in [-0.25, -0.2) is 9.97 Å². The Morgan fingerprint density at radius 1 is 1.00 bits per heavy atom. The number of halogens is 1. The van der Waals surface area contributed by atoms with Gasteiger partial charge in [-0.05, 0) is 73.7 Å². The van der Waals surface area contributed by atoms with Crippen molar-refractivity contribution in [2.75, 3.05) is 5.32 Å². The van der Waals surface area contributed by atoms with E-state index in [9.17, 15) is 4.39 Å². The summed E-state index contributed by atoms with van der Waals surface area (Å²) in [6.07, 6.45) is 8.72. The minimum atomic E-state index is -0.524. The monoisotopic (exact) mass is 438 g/mol. The second-order valence-corrected chi connectivity index (χ2v) is 7.52. The van der Waals surface area contributed by atoms with Crippen LogP contribution >= 0.6 is 0 Å². The van der Waals surface area contributed by atoms with E-state index in [1.165, 1.54) is 12.3 Å². The number of aliphatic imine (C=N–C) groups is 1. The van der Waals surface area contributed by atoms with E-state index >= 15 is 0 Å². The van der Waals surface area contributed by atoms with E-state index in [2.05, 4.69) is 37.0 Å². The largest absolute Gasteiger partial charge is 0.366 e. The molecule has 7 heteroatoms. The Balaban J connectivity index is 1.50. The number of pyridine rings is 4. The minimum Gasteiger partial charge on any atom is -0.366 e. The molecule has 4 rings (SSSR count). The smallest absolute Gasteiger partial charge is 0.213 e. The molecule has 6 nitrogen and oxygen atoms in total. The lowest BCUT2D eigenvalue weighted by molar-refractivity contribution is 0.584. The Morgan fingerprint density at radius 2 is 1.82 bits per heavy atom. The van der Waals surface area contributed by atoms with Crippen LogP contribution in [0.5, 0.6) is 0 Å². The maximum absolute atomic E-state index is 13.4. The van der Waals surface area contributed by atoms with Gasteiger partial charge in [0, 0.05) is 54.2 Å². The Morgan fingerprint density at radius 3 is 2.55 bits per heavy atom. The molecule has 4 heterocycles. The van der Waals surface area contributed by atoms with Crippen molar-refractivity contribution in [1.82, 2.24) is 19.9 Å². The van der Waals surface area contributed by atoms with Crippen LogP contribution in [-0.4, -0.2) is 26.7 Å². The first-order valence-electron chi connectivity index (χ1n) is 10.4. The van der Waals surface area contributed by atoms with Crippen molar-refractivity contribution in [3.05, 3.63) is 101 Å². The second kappa shape index (κ2) is 9.91. The highest BCUT2D eigenvalue weighted by atomic mass is 19.1. The molecule has 33 heavy (non-hydrogen) atoms. The summed E-state index contributed by atoms with van der Waals surface area (Å²) in [6.45, 7) is 8.23. The van der Waals surface area contributed by atoms with Crippen molar-refractivity contribution in [2.24, 2.45) is 4.99 Å². The molecule has 0 saturated carbocycles. The van der Waals surface area contributed by atoms with Gasteiger partial charge in [0.15, 0.2) is 0 Å². The first-order chi connectivity index (χ1) is 16.0. The number of rotatable bonds is 7. The van der Waals surface area contributed by atoms with Crippen molar-refractivity contribution < 1.29 is 4.39 Å². The molecular formula is C26H23FN6. The fraction of sp³-hybridized carbons (Fsp3) is 0.115. The van der Waals surface area contributed by atoms with Crippen LogP contribution in [0.25, 0.3) is 23.0 Å². The first-order valence-corrected chi connectivity index (χ1v) is 10.4. The lowest BCUT2D eigenvalue weighted by Crippen LogP contribution is -2.04. The summed E-state index contributed by atoms with van der Waals surface area (Å²) in [5, 5.41) is 3.37. The first kappa shape index (κ1) is 22.0. The molecule has 0 radical (unpaired) electrons. The van der Waals surface area contributed by atoms with Crippen molar-refractivity contribution in [2.45, 2.75) is 20.4 Å². The zero-order chi connectivity index (χ0) is 23.2. The molecule has 1 N–H and O–H groups in total. The summed E-state index contributed by atoms with van der Waals surface area (Å²) in [6, 6.07) is 12.8. The molecule has 4 aromatic rings. The Bertz CT molecular complexity index is 1310. The van der Waals surface area contributed by atoms with Crippen LogP contribution in [0.3, 0.4) is 0 Å². The number of aryl methyl sites for hydroxylation is 1. The van der Waals surface area contributed by atoms with Crippen molar-refractivity contribution in [3.8, 4) is 11.3 Å². The van der Waals surface area contributed by atoms with Gasteiger partial charge in [-0.1, -0.05) is 6.07 Å². The normalized spacial score (nSPS) is 11.3. The topological polar surface area (TPSA) is 76.0 Å². The number of anilines is 1. The Kier molecular flexibility index (Phi) is 6.59. The Labute approximate surface area is 192 Å². The lowest BCUT2D eigenvalue weighted by atomic mass is 10.1. The highest BCUT2D eigenvalue weighted by Gasteiger charge is 2.08. The zero-order valence-corrected chi connectivity index (χ0v) is 18.5. The van der Waals surface area contributed by atoms with Gasteiger partial charge in [0.2, 0.25) is 5.95 Å². The van der Waals surface area contributed by atoms with Crippen LogP contribution in [-0.2, 0) is 6.54 Å². The summed E-state index contributed by atoms with van der Waals surface area (Å²) in [5.74, 6) is 0.253. The maximum Gasteiger partial charge on any atom is 0.213 e. The number of hydrogen-bond donors (Lipinski definition) is 1. The van der Waals surface area contributed by atoms with Crippen LogP contribution in [0.2, 0.25) is 0 Å². The van der Waals surface area contributed by atoms with E-state index in [-0.39, 0.29) is 0 Å². The summed E-state index contributed by atoms with van der Waals surface area (Å²) in [7, 11) is 0. The third kappa shape index (κ3) is 5.33. The minimum absolute atomic E-state index is 0.524. The van der Waals surface area contributed by atoms with Gasteiger partial charge in [0.25, 0.3) is 0 Å². The summed E-state index contributed by atoms with van der Waals surface area (Å²) in [4.78, 5) is 21.0. The van der Waals surface area contributed by atoms with Gasteiger partial charge in [0.05, 0.1) is 11.4 Å². The molecule has 0 fully saturated rings. The SMILES string of the molecule is C=N/C(=C\c1ccnc(NCc2ccc(-c3ccnc(F)c3)nc2)c1C)c1ccnc(C)c1. The Hall–Kier alpha value is -4.26. The quantitative estimate of drug-likeness (QED) is 0.305. The molecule has 0 amide bonds. The van der Waals surface area contributed by atoms with Gasteiger partial charge < -0.3 is 5.32 Å². The van der Waals surface area contributed by atoms with Gasteiger partial charge >= 0.3 is 0 Å². The molecule has 0 aliphatic carbocycles. The molecule has 0 spiro atoms. The van der Waals surface area contributed by atoms with Crippen molar-refractivity contribution in [3.63, 3.8) is 0 Å². The number of hydrogen-bond acceptors (Lipinski definition) is 6. The van der Waals surface area contributed by atoms with E-state index < -0.39 is 5.95 Å². The predicted molar refractivity (Wildman–Crippen MR) is 130 cm³/mol. The summed E-state index contributed by atoms with van der Waals surface area (Å²) >= 11 is 0. The van der Waals surface area contributed by atoms with Crippen molar-refractivity contribution in [1.29, 1.82) is 0 Å². The van der Waals surface area contributed by atoms with Crippen LogP contribution in [0.4, 0.5) is 10.2 Å². The molecular weight excluding hydrogens is 415 g/mol. The molecule has 0 saturated heterocycles. The molecule has 0 unspecified atom stereocenters. The second-order valence-electron chi connectivity index (χ2n) is 7.52. The predicted octanol–water partition coefficient (Wildman–Crippen LogP) is 5.50. The highest BCUT2D eigenvalue weighted by molar-refractivity contribution is 5.84. The number of nitrogens with zero attached hydrogens (tertiary/aromatic N) is 5. The fourth-order valence-corrected chi connectivity index (χ4v) is 3.41. The highest BCUT2D eigenvalue weighted by Crippen LogP contribution is 2.24. The third-order valence-electron chi connectivity index (χ3n) is 5.21. The molecule has 0 aliphatic heterocycles. The third-order valence-corrected chi connectivity index (χ3v) is 5.21. The van der Waals surface area contributed by atoms with Gasteiger partial charge in [0.1, 0.15) is 5.82 Å². The van der Waals surface area contributed by atoms with Gasteiger partial charge in [-0.15, -0.1) is 0 Å². The van der Waals surface area contributed by atoms with Crippen LogP contribution in [0.15, 0.2) is 72.2 Å². The molecule has 0 bridgehead atoms.